The molecule has 4 aromatic carbocycles. The van der Waals surface area contributed by atoms with E-state index in [2.05, 4.69) is 236 Å². The number of benzene rings is 4. The minimum Gasteiger partial charge on any atom is -1.00 e. The zero-order chi connectivity index (χ0) is 41.3. The molecule has 0 N–H and O–H groups in total. The van der Waals surface area contributed by atoms with Gasteiger partial charge in [0.1, 0.15) is 0 Å². The van der Waals surface area contributed by atoms with E-state index in [4.69, 9.17) is 0 Å². The molecule has 0 nitrogen and oxygen atoms in total. The van der Waals surface area contributed by atoms with Crippen LogP contribution in [0, 0.1) is 0 Å². The molecule has 0 saturated carbocycles. The van der Waals surface area contributed by atoms with Crippen LogP contribution < -0.4 is 52.8 Å². The average molecular weight is 890 g/mol. The molecule has 5 heteroatoms. The Kier molecular flexibility index (Phi) is 16.1. The summed E-state index contributed by atoms with van der Waals surface area (Å²) in [5.74, 6) is 0. The van der Waals surface area contributed by atoms with Crippen molar-refractivity contribution in [2.24, 2.45) is 0 Å². The summed E-state index contributed by atoms with van der Waals surface area (Å²) < 4.78 is 1.40. The third-order valence-electron chi connectivity index (χ3n) is 11.9. The van der Waals surface area contributed by atoms with Crippen LogP contribution in [0.15, 0.2) is 100 Å². The van der Waals surface area contributed by atoms with Gasteiger partial charge in [-0.1, -0.05) is 0 Å². The first-order chi connectivity index (χ1) is 24.9. The van der Waals surface area contributed by atoms with Gasteiger partial charge in [0.15, 0.2) is 0 Å². The summed E-state index contributed by atoms with van der Waals surface area (Å²) in [6.45, 7) is 43.1. The first-order valence-corrected chi connectivity index (χ1v) is 23.4. The average Bonchev–Trinajstić information content (AvgIpc) is 3.44. The molecular weight excluding hydrogens is 819 g/mol. The molecule has 0 radical (unpaired) electrons. The van der Waals surface area contributed by atoms with Crippen LogP contribution in [0.5, 0.6) is 0 Å². The van der Waals surface area contributed by atoms with Crippen LogP contribution in [0.2, 0.25) is 0 Å². The second-order valence-corrected chi connectivity index (χ2v) is 27.4. The fourth-order valence-corrected chi connectivity index (χ4v) is 14.2. The summed E-state index contributed by atoms with van der Waals surface area (Å²) in [6.07, 6.45) is 3.48. The maximum Gasteiger partial charge on any atom is -1.00 e. The molecule has 0 aromatic heterocycles. The number of halogens is 3. The van der Waals surface area contributed by atoms with Crippen LogP contribution in [-0.4, -0.2) is 8.07 Å². The zero-order valence-corrected chi connectivity index (χ0v) is 43.8. The van der Waals surface area contributed by atoms with E-state index in [0.29, 0.717) is 0 Å². The Labute approximate surface area is 386 Å². The van der Waals surface area contributed by atoms with Crippen molar-refractivity contribution < 1.29 is 57.7 Å². The predicted octanol–water partition coefficient (Wildman–Crippen LogP) is 3.78. The predicted molar refractivity (Wildman–Crippen MR) is 242 cm³/mol. The Balaban J connectivity index is 0.00000387. The molecule has 0 aliphatic heterocycles. The maximum atomic E-state index is 2.66. The largest absolute Gasteiger partial charge is 1.00 e. The van der Waals surface area contributed by atoms with Gasteiger partial charge in [0.25, 0.3) is 0 Å². The third-order valence-corrected chi connectivity index (χ3v) is 17.4. The van der Waals surface area contributed by atoms with E-state index in [9.17, 15) is 0 Å². The Hall–Kier alpha value is -1.84. The topological polar surface area (TPSA) is 0 Å². The van der Waals surface area contributed by atoms with Crippen LogP contribution >= 0.6 is 0 Å². The molecule has 0 saturated heterocycles. The van der Waals surface area contributed by atoms with E-state index in [0.717, 1.165) is 6.42 Å². The number of allylic oxidation sites excluding steroid dienone is 4. The molecule has 1 aliphatic rings. The maximum absolute atomic E-state index is 3.11. The fraction of sp³-hybridized carbons (Fsp3) is 0.472. The molecule has 58 heavy (non-hydrogen) atoms. The first-order valence-electron chi connectivity index (χ1n) is 20.7. The van der Waals surface area contributed by atoms with E-state index in [1.807, 2.05) is 0 Å². The Morgan fingerprint density at radius 2 is 0.655 bits per heavy atom. The van der Waals surface area contributed by atoms with Crippen molar-refractivity contribution in [3.63, 3.8) is 0 Å². The summed E-state index contributed by atoms with van der Waals surface area (Å²) in [7, 11) is -3.11. The van der Waals surface area contributed by atoms with E-state index >= 15 is 0 Å². The van der Waals surface area contributed by atoms with Crippen molar-refractivity contribution in [3.05, 3.63) is 139 Å². The monoisotopic (exact) mass is 888 g/mol. The Bertz CT molecular complexity index is 1850. The summed E-state index contributed by atoms with van der Waals surface area (Å²) in [5.41, 5.74) is 11.1. The van der Waals surface area contributed by atoms with Crippen LogP contribution in [0.4, 0.5) is 0 Å². The summed E-state index contributed by atoms with van der Waals surface area (Å²) >= 11 is 2.36. The van der Waals surface area contributed by atoms with Gasteiger partial charge < -0.3 is 37.2 Å². The van der Waals surface area contributed by atoms with Gasteiger partial charge in [0, 0.05) is 0 Å². The van der Waals surface area contributed by atoms with Crippen molar-refractivity contribution >= 4 is 29.2 Å². The van der Waals surface area contributed by atoms with Crippen molar-refractivity contribution in [1.29, 1.82) is 0 Å². The van der Waals surface area contributed by atoms with Gasteiger partial charge in [-0.15, -0.1) is 0 Å². The second-order valence-electron chi connectivity index (χ2n) is 22.7. The minimum atomic E-state index is -3.11. The number of rotatable bonds is 5. The molecule has 0 unspecified atom stereocenters. The van der Waals surface area contributed by atoms with Crippen LogP contribution in [0.1, 0.15) is 170 Å². The molecule has 0 spiro atoms. The summed E-state index contributed by atoms with van der Waals surface area (Å²) in [5, 5.41) is 6.13. The van der Waals surface area contributed by atoms with E-state index in [1.54, 1.807) is 5.20 Å². The van der Waals surface area contributed by atoms with Gasteiger partial charge in [-0.25, -0.2) is 0 Å². The van der Waals surface area contributed by atoms with Gasteiger partial charge in [-0.3, -0.25) is 0 Å². The first kappa shape index (κ1) is 52.3. The Morgan fingerprint density at radius 1 is 0.397 bits per heavy atom. The second kappa shape index (κ2) is 17.9. The molecule has 0 atom stereocenters. The van der Waals surface area contributed by atoms with Gasteiger partial charge in [0.2, 0.25) is 0 Å². The molecule has 4 aromatic rings. The molecular formula is C53H71Cl3SiTi. The Morgan fingerprint density at radius 3 is 0.897 bits per heavy atom. The van der Waals surface area contributed by atoms with Crippen molar-refractivity contribution in [3.8, 4) is 0 Å². The number of hydrogen-bond acceptors (Lipinski definition) is 0. The van der Waals surface area contributed by atoms with E-state index < -0.39 is 8.07 Å². The fourth-order valence-electron chi connectivity index (χ4n) is 8.00. The van der Waals surface area contributed by atoms with Gasteiger partial charge in [-0.2, -0.15) is 0 Å². The quantitative estimate of drug-likeness (QED) is 0.212. The van der Waals surface area contributed by atoms with Crippen molar-refractivity contribution in [2.75, 3.05) is 0 Å². The molecule has 0 amide bonds. The van der Waals surface area contributed by atoms with Crippen LogP contribution in [-0.2, 0) is 52.9 Å². The molecule has 312 valence electrons. The minimum absolute atomic E-state index is 0. The standard InChI is InChI=1S/C53H71Si.3ClH.Ti/c1-48(2,3)37-27-38(49(4,5)6)31-43(30-37)54(47-26-22-25-46(47)36-23-20-19-21-24-36,44-32-39(50(7,8)9)28-40(33-44)51(10,11)12)45-34-41(52(13,14)15)29-42(35-45)53(16,17)18;;;;/h19-24,27-35H,26H2,1-18H3;3*1H;/q;;;;+3/p-3. The van der Waals surface area contributed by atoms with E-state index in [1.165, 1.54) is 64.0 Å². The third kappa shape index (κ3) is 10.8. The van der Waals surface area contributed by atoms with Crippen LogP contribution in [0.3, 0.4) is 0 Å². The van der Waals surface area contributed by atoms with E-state index in [-0.39, 0.29) is 69.7 Å². The SMILES string of the molecule is CC(C)(C)c1cc(C(C)(C)C)cc([Si](C2=C(c3ccccc3)[C]([Ti+3])=CC2)(c2cc(C(C)(C)C)cc(C(C)(C)C)c2)c2cc(C(C)(C)C)cc(C(C)(C)C)c2)c1.[Cl-].[Cl-].[Cl-]. The van der Waals surface area contributed by atoms with Crippen molar-refractivity contribution in [2.45, 2.75) is 164 Å². The zero-order valence-electron chi connectivity index (χ0n) is 39.0. The smallest absolute Gasteiger partial charge is 1.00 e. The van der Waals surface area contributed by atoms with Crippen molar-refractivity contribution in [1.82, 2.24) is 0 Å². The molecule has 0 heterocycles. The molecule has 0 fully saturated rings. The molecule has 5 rings (SSSR count). The molecule has 1 aliphatic carbocycles. The van der Waals surface area contributed by atoms with Gasteiger partial charge in [0.05, 0.1) is 0 Å². The normalized spacial score (nSPS) is 14.4. The molecule has 0 bridgehead atoms. The van der Waals surface area contributed by atoms with Gasteiger partial charge >= 0.3 is 352 Å². The summed E-state index contributed by atoms with van der Waals surface area (Å²) in [6, 6.07) is 34.8. The van der Waals surface area contributed by atoms with Crippen LogP contribution in [0.25, 0.3) is 5.57 Å². The number of hydrogen-bond donors (Lipinski definition) is 0. The summed E-state index contributed by atoms with van der Waals surface area (Å²) in [4.78, 5) is 0. The van der Waals surface area contributed by atoms with Gasteiger partial charge in [-0.05, 0) is 0 Å².